The Balaban J connectivity index is 1.36. The third-order valence-corrected chi connectivity index (χ3v) is 6.79. The van der Waals surface area contributed by atoms with E-state index in [9.17, 15) is 9.59 Å². The van der Waals surface area contributed by atoms with Gasteiger partial charge in [-0.15, -0.1) is 0 Å². The van der Waals surface area contributed by atoms with Gasteiger partial charge >= 0.3 is 6.09 Å². The van der Waals surface area contributed by atoms with Crippen molar-refractivity contribution < 1.29 is 14.3 Å². The quantitative estimate of drug-likeness (QED) is 0.443. The molecule has 2 N–H and O–H groups in total. The van der Waals surface area contributed by atoms with Crippen LogP contribution in [0.15, 0.2) is 72.8 Å². The number of ether oxygens (including phenoxy) is 1. The Labute approximate surface area is 205 Å². The third-order valence-electron chi connectivity index (χ3n) is 6.15. The van der Waals surface area contributed by atoms with Crippen LogP contribution < -0.4 is 10.6 Å². The summed E-state index contributed by atoms with van der Waals surface area (Å²) >= 11 is 1.64. The number of alkyl carbamates (subject to hydrolysis) is 1. The second-order valence-corrected chi connectivity index (χ2v) is 9.49. The van der Waals surface area contributed by atoms with Crippen molar-refractivity contribution in [2.75, 3.05) is 18.6 Å². The molecule has 3 aromatic rings. The monoisotopic (exact) mass is 474 g/mol. The van der Waals surface area contributed by atoms with Gasteiger partial charge in [-0.2, -0.15) is 11.8 Å². The van der Waals surface area contributed by atoms with Gasteiger partial charge in [0.1, 0.15) is 12.6 Å². The minimum absolute atomic E-state index is 0.0156. The normalized spacial score (nSPS) is 13.0. The van der Waals surface area contributed by atoms with Gasteiger partial charge < -0.3 is 15.4 Å². The molecule has 2 amide bonds. The van der Waals surface area contributed by atoms with E-state index in [1.165, 1.54) is 16.7 Å². The van der Waals surface area contributed by atoms with Gasteiger partial charge in [0.2, 0.25) is 5.91 Å². The molecular weight excluding hydrogens is 444 g/mol. The van der Waals surface area contributed by atoms with E-state index < -0.39 is 12.1 Å². The van der Waals surface area contributed by atoms with Crippen molar-refractivity contribution in [3.8, 4) is 11.1 Å². The summed E-state index contributed by atoms with van der Waals surface area (Å²) in [6, 6.07) is 23.8. The highest BCUT2D eigenvalue weighted by atomic mass is 32.2. The molecule has 0 spiro atoms. The van der Waals surface area contributed by atoms with Crippen molar-refractivity contribution in [1.29, 1.82) is 0 Å². The Bertz CT molecular complexity index is 1100. The third kappa shape index (κ3) is 5.62. The number of rotatable bonds is 9. The number of thioether (sulfide) groups is 1. The average Bonchev–Trinajstić information content (AvgIpc) is 3.18. The summed E-state index contributed by atoms with van der Waals surface area (Å²) in [4.78, 5) is 25.5. The molecule has 1 unspecified atom stereocenters. The topological polar surface area (TPSA) is 67.4 Å². The molecule has 0 fully saturated rings. The van der Waals surface area contributed by atoms with E-state index >= 15 is 0 Å². The van der Waals surface area contributed by atoms with E-state index in [0.29, 0.717) is 13.0 Å². The van der Waals surface area contributed by atoms with E-state index in [4.69, 9.17) is 4.74 Å². The van der Waals surface area contributed by atoms with Crippen molar-refractivity contribution in [2.45, 2.75) is 31.8 Å². The molecule has 3 aromatic carbocycles. The molecule has 0 aliphatic heterocycles. The number of carbonyl (C=O) groups is 2. The van der Waals surface area contributed by atoms with Crippen molar-refractivity contribution in [3.05, 3.63) is 95.1 Å². The molecule has 176 valence electrons. The molecule has 5 nitrogen and oxygen atoms in total. The molecule has 1 aliphatic rings. The zero-order valence-corrected chi connectivity index (χ0v) is 20.4. The standard InChI is InChI=1S/C28H30N2O3S/c1-19-11-13-20(14-12-19)17-29-27(31)26(15-16-34-2)30-28(32)33-18-25-23-9-5-3-7-21(23)22-8-4-6-10-24(22)25/h3-14,25-26H,15-18H2,1-2H3,(H,29,31)(H,30,32). The zero-order chi connectivity index (χ0) is 23.9. The molecule has 1 aliphatic carbocycles. The molecule has 0 heterocycles. The molecular formula is C28H30N2O3S. The lowest BCUT2D eigenvalue weighted by atomic mass is 9.98. The molecule has 4 rings (SSSR count). The smallest absolute Gasteiger partial charge is 0.407 e. The zero-order valence-electron chi connectivity index (χ0n) is 19.5. The van der Waals surface area contributed by atoms with E-state index in [0.717, 1.165) is 22.4 Å². The van der Waals surface area contributed by atoms with Crippen molar-refractivity contribution in [2.24, 2.45) is 0 Å². The predicted octanol–water partition coefficient (Wildman–Crippen LogP) is 5.27. The Kier molecular flexibility index (Phi) is 7.91. The first-order chi connectivity index (χ1) is 16.6. The fourth-order valence-electron chi connectivity index (χ4n) is 4.31. The van der Waals surface area contributed by atoms with Crippen LogP contribution in [0.1, 0.15) is 34.6 Å². The second-order valence-electron chi connectivity index (χ2n) is 8.51. The summed E-state index contributed by atoms with van der Waals surface area (Å²) in [6.07, 6.45) is 1.94. The van der Waals surface area contributed by atoms with Gasteiger partial charge in [-0.3, -0.25) is 4.79 Å². The number of hydrogen-bond donors (Lipinski definition) is 2. The number of aryl methyl sites for hydroxylation is 1. The van der Waals surface area contributed by atoms with Crippen LogP contribution in [0.2, 0.25) is 0 Å². The number of nitrogens with one attached hydrogen (secondary N) is 2. The molecule has 0 radical (unpaired) electrons. The summed E-state index contributed by atoms with van der Waals surface area (Å²) in [5.41, 5.74) is 6.87. The molecule has 0 saturated heterocycles. The van der Waals surface area contributed by atoms with Gasteiger partial charge in [-0.25, -0.2) is 4.79 Å². The summed E-state index contributed by atoms with van der Waals surface area (Å²) in [5, 5.41) is 5.72. The number of amides is 2. The van der Waals surface area contributed by atoms with Crippen LogP contribution in [0.25, 0.3) is 11.1 Å². The van der Waals surface area contributed by atoms with Crippen molar-refractivity contribution >= 4 is 23.8 Å². The fraction of sp³-hybridized carbons (Fsp3) is 0.286. The van der Waals surface area contributed by atoms with E-state index in [1.54, 1.807) is 11.8 Å². The Hall–Kier alpha value is -3.25. The number of hydrogen-bond acceptors (Lipinski definition) is 4. The van der Waals surface area contributed by atoms with Gasteiger partial charge in [0.15, 0.2) is 0 Å². The van der Waals surface area contributed by atoms with Gasteiger partial charge in [0.05, 0.1) is 0 Å². The molecule has 0 saturated carbocycles. The van der Waals surface area contributed by atoms with Crippen LogP contribution in [0.5, 0.6) is 0 Å². The highest BCUT2D eigenvalue weighted by Gasteiger charge is 2.29. The SMILES string of the molecule is CSCCC(NC(=O)OCC1c2ccccc2-c2ccccc21)C(=O)NCc1ccc(C)cc1. The van der Waals surface area contributed by atoms with Crippen LogP contribution in [0, 0.1) is 6.92 Å². The van der Waals surface area contributed by atoms with Crippen LogP contribution in [0.3, 0.4) is 0 Å². The molecule has 0 bridgehead atoms. The molecule has 6 heteroatoms. The maximum atomic E-state index is 12.8. The summed E-state index contributed by atoms with van der Waals surface area (Å²) in [6.45, 7) is 2.67. The Morgan fingerprint density at radius 1 is 0.941 bits per heavy atom. The average molecular weight is 475 g/mol. The predicted molar refractivity (Wildman–Crippen MR) is 138 cm³/mol. The van der Waals surface area contributed by atoms with E-state index in [-0.39, 0.29) is 18.4 Å². The van der Waals surface area contributed by atoms with Crippen molar-refractivity contribution in [3.63, 3.8) is 0 Å². The van der Waals surface area contributed by atoms with Gasteiger partial charge in [-0.1, -0.05) is 78.4 Å². The highest BCUT2D eigenvalue weighted by molar-refractivity contribution is 7.98. The van der Waals surface area contributed by atoms with Gasteiger partial charge in [0.25, 0.3) is 0 Å². The number of fused-ring (bicyclic) bond motifs is 3. The summed E-state index contributed by atoms with van der Waals surface area (Å²) in [5.74, 6) is 0.535. The fourth-order valence-corrected chi connectivity index (χ4v) is 4.78. The summed E-state index contributed by atoms with van der Waals surface area (Å²) < 4.78 is 5.64. The first-order valence-corrected chi connectivity index (χ1v) is 12.9. The first-order valence-electron chi connectivity index (χ1n) is 11.5. The molecule has 0 aromatic heterocycles. The Morgan fingerprint density at radius 3 is 2.18 bits per heavy atom. The number of benzene rings is 3. The van der Waals surface area contributed by atoms with Crippen LogP contribution in [-0.2, 0) is 16.1 Å². The minimum atomic E-state index is -0.645. The lowest BCUT2D eigenvalue weighted by Crippen LogP contribution is -2.47. The first kappa shape index (κ1) is 23.9. The minimum Gasteiger partial charge on any atom is -0.449 e. The maximum absolute atomic E-state index is 12.8. The van der Waals surface area contributed by atoms with E-state index in [1.807, 2.05) is 61.7 Å². The number of carbonyl (C=O) groups excluding carboxylic acids is 2. The molecule has 1 atom stereocenters. The van der Waals surface area contributed by atoms with Crippen LogP contribution >= 0.6 is 11.8 Å². The van der Waals surface area contributed by atoms with Crippen LogP contribution in [-0.4, -0.2) is 36.7 Å². The lowest BCUT2D eigenvalue weighted by molar-refractivity contribution is -0.123. The highest BCUT2D eigenvalue weighted by Crippen LogP contribution is 2.44. The van der Waals surface area contributed by atoms with Crippen molar-refractivity contribution in [1.82, 2.24) is 10.6 Å². The van der Waals surface area contributed by atoms with Gasteiger partial charge in [-0.05, 0) is 53.2 Å². The van der Waals surface area contributed by atoms with Gasteiger partial charge in [0, 0.05) is 12.5 Å². The lowest BCUT2D eigenvalue weighted by Gasteiger charge is -2.19. The second kappa shape index (κ2) is 11.3. The molecule has 34 heavy (non-hydrogen) atoms. The Morgan fingerprint density at radius 2 is 1.56 bits per heavy atom. The van der Waals surface area contributed by atoms with E-state index in [2.05, 4.69) is 34.9 Å². The summed E-state index contributed by atoms with van der Waals surface area (Å²) in [7, 11) is 0. The largest absolute Gasteiger partial charge is 0.449 e. The maximum Gasteiger partial charge on any atom is 0.407 e. The van der Waals surface area contributed by atoms with Crippen LogP contribution in [0.4, 0.5) is 4.79 Å².